The number of aldehydes is 1. The Bertz CT molecular complexity index is 504. The Morgan fingerprint density at radius 2 is 1.94 bits per heavy atom. The first-order valence-corrected chi connectivity index (χ1v) is 6.96. The van der Waals surface area contributed by atoms with Crippen molar-refractivity contribution in [2.75, 3.05) is 24.2 Å². The summed E-state index contributed by atoms with van der Waals surface area (Å²) in [5.41, 5.74) is 1.42. The molecule has 0 bridgehead atoms. The topological polar surface area (TPSA) is 54.5 Å². The Kier molecular flexibility index (Phi) is 2.71. The second kappa shape index (κ2) is 3.90. The van der Waals surface area contributed by atoms with E-state index in [0.717, 1.165) is 12.0 Å². The quantitative estimate of drug-likeness (QED) is 0.730. The molecule has 4 nitrogen and oxygen atoms in total. The summed E-state index contributed by atoms with van der Waals surface area (Å²) in [5.74, 6) is 0. The van der Waals surface area contributed by atoms with Gasteiger partial charge in [-0.15, -0.1) is 0 Å². The second-order valence-corrected chi connectivity index (χ2v) is 6.36. The average molecular weight is 239 g/mol. The number of anilines is 1. The normalized spacial score (nSPS) is 16.9. The predicted molar refractivity (Wildman–Crippen MR) is 62.7 cm³/mol. The molecule has 1 aromatic rings. The summed E-state index contributed by atoms with van der Waals surface area (Å²) in [6, 6.07) is 7.20. The van der Waals surface area contributed by atoms with Gasteiger partial charge in [0.2, 0.25) is 0 Å². The molecule has 1 aliphatic heterocycles. The number of sulfone groups is 1. The maximum absolute atomic E-state index is 11.2. The minimum Gasteiger partial charge on any atom is -0.368 e. The number of carbonyl (C=O) groups is 1. The van der Waals surface area contributed by atoms with Crippen LogP contribution >= 0.6 is 0 Å². The molecule has 0 amide bonds. The third-order valence-electron chi connectivity index (χ3n) is 2.86. The van der Waals surface area contributed by atoms with Crippen molar-refractivity contribution in [2.24, 2.45) is 0 Å². The summed E-state index contributed by atoms with van der Waals surface area (Å²) in [7, 11) is -2.96. The van der Waals surface area contributed by atoms with Gasteiger partial charge in [0.25, 0.3) is 0 Å². The standard InChI is InChI=1S/C11H13NO3S/c1-16(14,15)10-6-12(7-10)11-5-3-2-4-9(11)8-13/h2-5,8,10H,6-7H2,1H3. The van der Waals surface area contributed by atoms with Crippen LogP contribution in [0.15, 0.2) is 24.3 Å². The Morgan fingerprint density at radius 3 is 2.50 bits per heavy atom. The van der Waals surface area contributed by atoms with Crippen LogP contribution in [0, 0.1) is 0 Å². The van der Waals surface area contributed by atoms with E-state index < -0.39 is 9.84 Å². The number of benzene rings is 1. The molecule has 0 radical (unpaired) electrons. The van der Waals surface area contributed by atoms with E-state index in [2.05, 4.69) is 0 Å². The van der Waals surface area contributed by atoms with Crippen LogP contribution in [0.5, 0.6) is 0 Å². The zero-order valence-electron chi connectivity index (χ0n) is 8.96. The van der Waals surface area contributed by atoms with Crippen LogP contribution in [0.2, 0.25) is 0 Å². The van der Waals surface area contributed by atoms with E-state index in [4.69, 9.17) is 0 Å². The maximum Gasteiger partial charge on any atom is 0.153 e. The van der Waals surface area contributed by atoms with Gasteiger partial charge in [0.05, 0.1) is 5.25 Å². The van der Waals surface area contributed by atoms with Crippen molar-refractivity contribution in [2.45, 2.75) is 5.25 Å². The maximum atomic E-state index is 11.2. The van der Waals surface area contributed by atoms with Gasteiger partial charge in [-0.1, -0.05) is 12.1 Å². The van der Waals surface area contributed by atoms with Gasteiger partial charge in [0.15, 0.2) is 16.1 Å². The molecule has 1 aromatic carbocycles. The van der Waals surface area contributed by atoms with E-state index in [1.807, 2.05) is 17.0 Å². The van der Waals surface area contributed by atoms with E-state index in [1.54, 1.807) is 12.1 Å². The number of hydrogen-bond acceptors (Lipinski definition) is 4. The number of rotatable bonds is 3. The van der Waals surface area contributed by atoms with Gasteiger partial charge in [-0.3, -0.25) is 4.79 Å². The van der Waals surface area contributed by atoms with Gasteiger partial charge in [-0.25, -0.2) is 8.42 Å². The fraction of sp³-hybridized carbons (Fsp3) is 0.364. The number of para-hydroxylation sites is 1. The molecular weight excluding hydrogens is 226 g/mol. The first kappa shape index (κ1) is 11.1. The predicted octanol–water partition coefficient (Wildman–Crippen LogP) is 0.732. The van der Waals surface area contributed by atoms with E-state index in [0.29, 0.717) is 18.7 Å². The van der Waals surface area contributed by atoms with Crippen LogP contribution in [0.25, 0.3) is 0 Å². The van der Waals surface area contributed by atoms with Crippen molar-refractivity contribution in [3.05, 3.63) is 29.8 Å². The van der Waals surface area contributed by atoms with Crippen LogP contribution < -0.4 is 4.90 Å². The molecule has 0 spiro atoms. The number of hydrogen-bond donors (Lipinski definition) is 0. The molecule has 0 atom stereocenters. The number of nitrogens with zero attached hydrogens (tertiary/aromatic N) is 1. The first-order valence-electron chi connectivity index (χ1n) is 5.00. The van der Waals surface area contributed by atoms with Crippen LogP contribution in [0.3, 0.4) is 0 Å². The highest BCUT2D eigenvalue weighted by molar-refractivity contribution is 7.91. The summed E-state index contributed by atoms with van der Waals surface area (Å²) in [5, 5.41) is -0.299. The van der Waals surface area contributed by atoms with E-state index in [9.17, 15) is 13.2 Å². The Balaban J connectivity index is 2.15. The van der Waals surface area contributed by atoms with Crippen molar-refractivity contribution in [1.82, 2.24) is 0 Å². The Hall–Kier alpha value is -1.36. The first-order chi connectivity index (χ1) is 7.52. The van der Waals surface area contributed by atoms with Gasteiger partial charge in [-0.2, -0.15) is 0 Å². The molecule has 1 heterocycles. The van der Waals surface area contributed by atoms with Gasteiger partial charge < -0.3 is 4.90 Å². The van der Waals surface area contributed by atoms with Crippen molar-refractivity contribution in [3.63, 3.8) is 0 Å². The SMILES string of the molecule is CS(=O)(=O)C1CN(c2ccccc2C=O)C1. The molecule has 5 heteroatoms. The highest BCUT2D eigenvalue weighted by Gasteiger charge is 2.35. The van der Waals surface area contributed by atoms with E-state index in [-0.39, 0.29) is 5.25 Å². The molecule has 16 heavy (non-hydrogen) atoms. The molecular formula is C11H13NO3S. The largest absolute Gasteiger partial charge is 0.368 e. The fourth-order valence-corrected chi connectivity index (χ4v) is 2.68. The van der Waals surface area contributed by atoms with Crippen molar-refractivity contribution < 1.29 is 13.2 Å². The highest BCUT2D eigenvalue weighted by atomic mass is 32.2. The molecule has 0 aliphatic carbocycles. The van der Waals surface area contributed by atoms with E-state index in [1.165, 1.54) is 6.26 Å². The van der Waals surface area contributed by atoms with E-state index >= 15 is 0 Å². The summed E-state index contributed by atoms with van der Waals surface area (Å²) >= 11 is 0. The van der Waals surface area contributed by atoms with Gasteiger partial charge in [0.1, 0.15) is 0 Å². The summed E-state index contributed by atoms with van der Waals surface area (Å²) in [4.78, 5) is 12.7. The van der Waals surface area contributed by atoms with Crippen molar-refractivity contribution in [1.29, 1.82) is 0 Å². The Labute approximate surface area is 94.8 Å². The van der Waals surface area contributed by atoms with Gasteiger partial charge in [0, 0.05) is 30.6 Å². The lowest BCUT2D eigenvalue weighted by molar-refractivity contribution is 0.112. The molecule has 0 N–H and O–H groups in total. The summed E-state index contributed by atoms with van der Waals surface area (Å²) in [6.45, 7) is 0.952. The van der Waals surface area contributed by atoms with Crippen LogP contribution in [-0.2, 0) is 9.84 Å². The van der Waals surface area contributed by atoms with Gasteiger partial charge >= 0.3 is 0 Å². The lowest BCUT2D eigenvalue weighted by atomic mass is 10.1. The highest BCUT2D eigenvalue weighted by Crippen LogP contribution is 2.26. The zero-order valence-corrected chi connectivity index (χ0v) is 9.78. The van der Waals surface area contributed by atoms with Crippen LogP contribution in [0.1, 0.15) is 10.4 Å². The third-order valence-corrected chi connectivity index (χ3v) is 4.37. The average Bonchev–Trinajstić information content (AvgIpc) is 2.14. The summed E-state index contributed by atoms with van der Waals surface area (Å²) in [6.07, 6.45) is 2.05. The molecule has 0 aromatic heterocycles. The second-order valence-electron chi connectivity index (χ2n) is 4.03. The van der Waals surface area contributed by atoms with Crippen LogP contribution in [-0.4, -0.2) is 39.3 Å². The smallest absolute Gasteiger partial charge is 0.153 e. The minimum atomic E-state index is -2.96. The number of carbonyl (C=O) groups excluding carboxylic acids is 1. The van der Waals surface area contributed by atoms with Crippen molar-refractivity contribution in [3.8, 4) is 0 Å². The molecule has 1 saturated heterocycles. The lowest BCUT2D eigenvalue weighted by Crippen LogP contribution is -2.54. The molecule has 0 saturated carbocycles. The molecule has 0 unspecified atom stereocenters. The van der Waals surface area contributed by atoms with Crippen molar-refractivity contribution >= 4 is 21.8 Å². The van der Waals surface area contributed by atoms with Gasteiger partial charge in [-0.05, 0) is 12.1 Å². The fourth-order valence-electron chi connectivity index (χ4n) is 1.78. The van der Waals surface area contributed by atoms with Crippen LogP contribution in [0.4, 0.5) is 5.69 Å². The monoisotopic (exact) mass is 239 g/mol. The molecule has 2 rings (SSSR count). The lowest BCUT2D eigenvalue weighted by Gasteiger charge is -2.40. The zero-order chi connectivity index (χ0) is 11.8. The Morgan fingerprint density at radius 1 is 1.31 bits per heavy atom. The summed E-state index contributed by atoms with van der Waals surface area (Å²) < 4.78 is 22.5. The minimum absolute atomic E-state index is 0.299. The molecule has 86 valence electrons. The molecule has 1 aliphatic rings. The third kappa shape index (κ3) is 1.95. The molecule has 1 fully saturated rings.